The first-order valence-corrected chi connectivity index (χ1v) is 17.8. The fourth-order valence-corrected chi connectivity index (χ4v) is 5.30. The molecule has 4 atom stereocenters. The number of esters is 2. The summed E-state index contributed by atoms with van der Waals surface area (Å²) in [6, 6.07) is 0. The van der Waals surface area contributed by atoms with Crippen molar-refractivity contribution in [2.75, 3.05) is 13.2 Å². The van der Waals surface area contributed by atoms with Gasteiger partial charge in [-0.3, -0.25) is 9.59 Å². The second-order valence-corrected chi connectivity index (χ2v) is 12.6. The van der Waals surface area contributed by atoms with Crippen molar-refractivity contribution in [2.24, 2.45) is 5.92 Å². The van der Waals surface area contributed by atoms with Crippen LogP contribution in [-0.2, 0) is 23.8 Å². The molecule has 6 heteroatoms. The summed E-state index contributed by atoms with van der Waals surface area (Å²) in [4.78, 5) is 24.2. The average molecular weight is 595 g/mol. The van der Waals surface area contributed by atoms with Crippen molar-refractivity contribution in [3.8, 4) is 0 Å². The number of rotatable bonds is 30. The maximum absolute atomic E-state index is 12.1. The molecule has 1 saturated heterocycles. The van der Waals surface area contributed by atoms with E-state index in [0.29, 0.717) is 25.0 Å². The van der Waals surface area contributed by atoms with Gasteiger partial charge in [-0.1, -0.05) is 129 Å². The Kier molecular flexibility index (Phi) is 25.0. The lowest BCUT2D eigenvalue weighted by molar-refractivity contribution is -0.161. The van der Waals surface area contributed by atoms with E-state index in [0.717, 1.165) is 63.7 Å². The Hall–Kier alpha value is -1.40. The van der Waals surface area contributed by atoms with E-state index in [-0.39, 0.29) is 25.2 Å². The number of aliphatic hydroxyl groups excluding tert-OH is 1. The van der Waals surface area contributed by atoms with Crippen LogP contribution < -0.4 is 0 Å². The molecule has 3 unspecified atom stereocenters. The van der Waals surface area contributed by atoms with E-state index in [2.05, 4.69) is 32.9 Å². The second kappa shape index (κ2) is 27.2. The van der Waals surface area contributed by atoms with Crippen LogP contribution in [-0.4, -0.2) is 48.6 Å². The number of ether oxygens (including phenoxy) is 3. The Morgan fingerprint density at radius 1 is 0.762 bits per heavy atom. The van der Waals surface area contributed by atoms with E-state index >= 15 is 0 Å². The van der Waals surface area contributed by atoms with Crippen LogP contribution in [0.4, 0.5) is 0 Å². The number of epoxide rings is 1. The molecule has 0 aromatic rings. The molecule has 0 aliphatic carbocycles. The largest absolute Gasteiger partial charge is 0.462 e. The smallest absolute Gasteiger partial charge is 0.306 e. The van der Waals surface area contributed by atoms with Gasteiger partial charge in [0.1, 0.15) is 6.61 Å². The van der Waals surface area contributed by atoms with Gasteiger partial charge in [0.05, 0.1) is 18.8 Å². The summed E-state index contributed by atoms with van der Waals surface area (Å²) < 4.78 is 16.3. The molecule has 1 N–H and O–H groups in total. The van der Waals surface area contributed by atoms with E-state index in [1.165, 1.54) is 77.0 Å². The highest BCUT2D eigenvalue weighted by Gasteiger charge is 2.36. The molecule has 1 rings (SSSR count). The van der Waals surface area contributed by atoms with Gasteiger partial charge in [0.25, 0.3) is 0 Å². The molecule has 1 heterocycles. The molecule has 0 aromatic carbocycles. The molecule has 42 heavy (non-hydrogen) atoms. The minimum atomic E-state index is -0.778. The molecule has 0 amide bonds. The van der Waals surface area contributed by atoms with Crippen LogP contribution >= 0.6 is 0 Å². The Balaban J connectivity index is 1.91. The van der Waals surface area contributed by atoms with Crippen molar-refractivity contribution < 1.29 is 28.9 Å². The molecule has 1 fully saturated rings. The Morgan fingerprint density at radius 3 is 2.02 bits per heavy atom. The van der Waals surface area contributed by atoms with Crippen molar-refractivity contribution in [1.82, 2.24) is 0 Å². The van der Waals surface area contributed by atoms with Crippen LogP contribution in [0.15, 0.2) is 12.2 Å². The first kappa shape index (κ1) is 38.6. The number of hydrogen-bond donors (Lipinski definition) is 1. The van der Waals surface area contributed by atoms with Crippen molar-refractivity contribution in [3.05, 3.63) is 12.2 Å². The van der Waals surface area contributed by atoms with Gasteiger partial charge in [0.2, 0.25) is 0 Å². The van der Waals surface area contributed by atoms with Crippen molar-refractivity contribution in [1.29, 1.82) is 0 Å². The Morgan fingerprint density at radius 2 is 1.38 bits per heavy atom. The van der Waals surface area contributed by atoms with Gasteiger partial charge in [0.15, 0.2) is 6.10 Å². The molecule has 0 spiro atoms. The summed E-state index contributed by atoms with van der Waals surface area (Å²) in [6.07, 6.45) is 30.0. The monoisotopic (exact) mass is 594 g/mol. The minimum Gasteiger partial charge on any atom is -0.462 e. The van der Waals surface area contributed by atoms with Crippen LogP contribution in [0.5, 0.6) is 0 Å². The first-order chi connectivity index (χ1) is 20.5. The summed E-state index contributed by atoms with van der Waals surface area (Å²) in [5.74, 6) is 0.243. The first-order valence-electron chi connectivity index (χ1n) is 17.8. The summed E-state index contributed by atoms with van der Waals surface area (Å²) in [6.45, 7) is 6.42. The third-order valence-electron chi connectivity index (χ3n) is 8.52. The molecule has 6 nitrogen and oxygen atoms in total. The predicted molar refractivity (Wildman–Crippen MR) is 172 cm³/mol. The zero-order valence-electron chi connectivity index (χ0n) is 27.6. The fraction of sp³-hybridized carbons (Fsp3) is 0.889. The van der Waals surface area contributed by atoms with Gasteiger partial charge in [-0.15, -0.1) is 0 Å². The van der Waals surface area contributed by atoms with E-state index < -0.39 is 6.10 Å². The summed E-state index contributed by atoms with van der Waals surface area (Å²) in [7, 11) is 0. The van der Waals surface area contributed by atoms with Gasteiger partial charge in [-0.2, -0.15) is 0 Å². The minimum absolute atomic E-state index is 0.0728. The highest BCUT2D eigenvalue weighted by atomic mass is 16.6. The lowest BCUT2D eigenvalue weighted by Gasteiger charge is -2.15. The van der Waals surface area contributed by atoms with Gasteiger partial charge < -0.3 is 19.3 Å². The molecule has 1 aliphatic heterocycles. The van der Waals surface area contributed by atoms with Crippen LogP contribution in [0.1, 0.15) is 168 Å². The molecular weight excluding hydrogens is 528 g/mol. The number of allylic oxidation sites excluding steroid dienone is 1. The molecule has 0 radical (unpaired) electrons. The number of unbranched alkanes of at least 4 members (excludes halogenated alkanes) is 14. The topological polar surface area (TPSA) is 85.4 Å². The van der Waals surface area contributed by atoms with Crippen molar-refractivity contribution in [3.63, 3.8) is 0 Å². The average Bonchev–Trinajstić information content (AvgIpc) is 3.74. The van der Waals surface area contributed by atoms with Crippen LogP contribution in [0.25, 0.3) is 0 Å². The Labute approximate surface area is 258 Å². The standard InChI is InChI=1S/C36H66O6/c1-4-6-7-8-15-20-25-33-34(42-33)26-21-16-13-18-23-28-36(39)41-32(29-37)30-40-35(38)27-22-17-12-10-9-11-14-19-24-31(3)5-2/h15,20,31-34,37H,4-14,16-19,21-30H2,1-3H3/b20-15-/t31?,32-,33?,34?/m0/s1. The van der Waals surface area contributed by atoms with Crippen LogP contribution in [0.2, 0.25) is 0 Å². The third-order valence-corrected chi connectivity index (χ3v) is 8.52. The number of carbonyl (C=O) groups is 2. The van der Waals surface area contributed by atoms with Gasteiger partial charge in [0, 0.05) is 12.8 Å². The van der Waals surface area contributed by atoms with E-state index in [4.69, 9.17) is 14.2 Å². The lowest BCUT2D eigenvalue weighted by Crippen LogP contribution is -2.28. The second-order valence-electron chi connectivity index (χ2n) is 12.6. The summed E-state index contributed by atoms with van der Waals surface area (Å²) >= 11 is 0. The zero-order valence-corrected chi connectivity index (χ0v) is 27.6. The molecule has 246 valence electrons. The number of hydrogen-bond acceptors (Lipinski definition) is 6. The molecule has 1 aliphatic rings. The summed E-state index contributed by atoms with van der Waals surface area (Å²) in [5.41, 5.74) is 0. The number of aliphatic hydroxyl groups is 1. The Bertz CT molecular complexity index is 678. The van der Waals surface area contributed by atoms with E-state index in [9.17, 15) is 14.7 Å². The molecule has 0 bridgehead atoms. The molecular formula is C36H66O6. The maximum atomic E-state index is 12.1. The highest BCUT2D eigenvalue weighted by molar-refractivity contribution is 5.70. The zero-order chi connectivity index (χ0) is 30.7. The normalized spacial score (nSPS) is 17.8. The van der Waals surface area contributed by atoms with E-state index in [1.54, 1.807) is 0 Å². The number of carbonyl (C=O) groups excluding carboxylic acids is 2. The quantitative estimate of drug-likeness (QED) is 0.0386. The third kappa shape index (κ3) is 23.1. The highest BCUT2D eigenvalue weighted by Crippen LogP contribution is 2.30. The van der Waals surface area contributed by atoms with Crippen LogP contribution in [0, 0.1) is 5.92 Å². The van der Waals surface area contributed by atoms with Crippen LogP contribution in [0.3, 0.4) is 0 Å². The molecule has 0 aromatic heterocycles. The van der Waals surface area contributed by atoms with E-state index in [1.807, 2.05) is 0 Å². The summed E-state index contributed by atoms with van der Waals surface area (Å²) in [5, 5.41) is 9.52. The maximum Gasteiger partial charge on any atom is 0.306 e. The van der Waals surface area contributed by atoms with Gasteiger partial charge in [-0.25, -0.2) is 0 Å². The van der Waals surface area contributed by atoms with Crippen molar-refractivity contribution >= 4 is 11.9 Å². The van der Waals surface area contributed by atoms with Gasteiger partial charge >= 0.3 is 11.9 Å². The predicted octanol–water partition coefficient (Wildman–Crippen LogP) is 9.41. The van der Waals surface area contributed by atoms with Crippen molar-refractivity contribution in [2.45, 2.75) is 187 Å². The van der Waals surface area contributed by atoms with Gasteiger partial charge in [-0.05, 0) is 44.4 Å². The lowest BCUT2D eigenvalue weighted by atomic mass is 9.99. The molecule has 0 saturated carbocycles. The SMILES string of the molecule is CCCCC/C=C\CC1OC1CCCCCCCC(=O)O[C@@H](CO)COC(=O)CCCCCCCCCCC(C)CC. The fourth-order valence-electron chi connectivity index (χ4n) is 5.30.